The maximum Gasteiger partial charge on any atom is 0.337 e. The summed E-state index contributed by atoms with van der Waals surface area (Å²) in [5.41, 5.74) is 1.78. The zero-order valence-electron chi connectivity index (χ0n) is 12.8. The Morgan fingerprint density at radius 3 is 2.54 bits per heavy atom. The number of methoxy groups -OCH3 is 1. The van der Waals surface area contributed by atoms with Crippen molar-refractivity contribution in [1.82, 2.24) is 0 Å². The van der Waals surface area contributed by atoms with Gasteiger partial charge in [-0.1, -0.05) is 11.6 Å². The van der Waals surface area contributed by atoms with Crippen molar-refractivity contribution in [2.24, 2.45) is 0 Å². The van der Waals surface area contributed by atoms with Crippen LogP contribution >= 0.6 is 11.6 Å². The van der Waals surface area contributed by atoms with Crippen molar-refractivity contribution in [3.05, 3.63) is 58.6 Å². The molecule has 0 aliphatic heterocycles. The topological polar surface area (TPSA) is 91.2 Å². The van der Waals surface area contributed by atoms with Crippen LogP contribution in [0.2, 0.25) is 5.02 Å². The van der Waals surface area contributed by atoms with Crippen molar-refractivity contribution < 1.29 is 14.3 Å². The number of carbonyl (C=O) groups excluding carboxylic acids is 2. The zero-order chi connectivity index (χ0) is 17.5. The van der Waals surface area contributed by atoms with E-state index in [1.165, 1.54) is 19.2 Å². The monoisotopic (exact) mass is 343 g/mol. The third-order valence-electron chi connectivity index (χ3n) is 3.14. The number of rotatable bonds is 5. The molecule has 2 rings (SSSR count). The fourth-order valence-electron chi connectivity index (χ4n) is 1.94. The van der Waals surface area contributed by atoms with E-state index in [1.807, 2.05) is 6.07 Å². The Bertz CT molecular complexity index is 798. The lowest BCUT2D eigenvalue weighted by Crippen LogP contribution is -2.22. The molecule has 2 aromatic rings. The first-order chi connectivity index (χ1) is 11.5. The van der Waals surface area contributed by atoms with Crippen LogP contribution in [0.3, 0.4) is 0 Å². The minimum absolute atomic E-state index is 0.00501. The first-order valence-electron chi connectivity index (χ1n) is 6.95. The second-order valence-electron chi connectivity index (χ2n) is 4.77. The van der Waals surface area contributed by atoms with Gasteiger partial charge in [0, 0.05) is 10.7 Å². The van der Waals surface area contributed by atoms with E-state index in [0.29, 0.717) is 27.5 Å². The van der Waals surface area contributed by atoms with E-state index in [0.717, 1.165) is 0 Å². The molecule has 0 unspecified atom stereocenters. The van der Waals surface area contributed by atoms with Gasteiger partial charge in [0.2, 0.25) is 5.91 Å². The Balaban J connectivity index is 1.95. The van der Waals surface area contributed by atoms with Gasteiger partial charge in [-0.3, -0.25) is 4.79 Å². The van der Waals surface area contributed by atoms with Crippen molar-refractivity contribution in [2.45, 2.75) is 0 Å². The maximum absolute atomic E-state index is 12.0. The first kappa shape index (κ1) is 17.3. The molecule has 0 heterocycles. The van der Waals surface area contributed by atoms with Gasteiger partial charge in [0.25, 0.3) is 0 Å². The molecule has 7 heteroatoms. The van der Waals surface area contributed by atoms with Crippen LogP contribution in [0, 0.1) is 11.3 Å². The molecule has 24 heavy (non-hydrogen) atoms. The molecule has 0 saturated carbocycles. The molecule has 0 aromatic heterocycles. The summed E-state index contributed by atoms with van der Waals surface area (Å²) in [5, 5.41) is 15.0. The number of halogens is 1. The summed E-state index contributed by atoms with van der Waals surface area (Å²) in [6.07, 6.45) is 0. The van der Waals surface area contributed by atoms with Crippen LogP contribution < -0.4 is 10.6 Å². The molecule has 0 saturated heterocycles. The second kappa shape index (κ2) is 7.99. The molecule has 1 amide bonds. The number of nitrogens with zero attached hydrogens (tertiary/aromatic N) is 1. The highest BCUT2D eigenvalue weighted by Gasteiger charge is 2.08. The molecule has 0 radical (unpaired) electrons. The molecule has 122 valence electrons. The molecule has 0 fully saturated rings. The summed E-state index contributed by atoms with van der Waals surface area (Å²) in [7, 11) is 1.31. The van der Waals surface area contributed by atoms with Gasteiger partial charge in [0.05, 0.1) is 30.5 Å². The quantitative estimate of drug-likeness (QED) is 0.814. The first-order valence-corrected chi connectivity index (χ1v) is 7.33. The summed E-state index contributed by atoms with van der Waals surface area (Å²) >= 11 is 5.87. The number of anilines is 2. The summed E-state index contributed by atoms with van der Waals surface area (Å²) in [6.45, 7) is -0.00501. The van der Waals surface area contributed by atoms with E-state index in [-0.39, 0.29) is 12.5 Å². The Morgan fingerprint density at radius 1 is 1.21 bits per heavy atom. The Hall–Kier alpha value is -3.04. The number of amides is 1. The summed E-state index contributed by atoms with van der Waals surface area (Å²) in [4.78, 5) is 23.3. The fourth-order valence-corrected chi connectivity index (χ4v) is 2.11. The summed E-state index contributed by atoms with van der Waals surface area (Å²) in [6, 6.07) is 13.1. The fraction of sp³-hybridized carbons (Fsp3) is 0.118. The smallest absolute Gasteiger partial charge is 0.337 e. The number of hydrogen-bond donors (Lipinski definition) is 2. The lowest BCUT2D eigenvalue weighted by molar-refractivity contribution is -0.114. The average molecular weight is 344 g/mol. The molecule has 0 spiro atoms. The lowest BCUT2D eigenvalue weighted by atomic mass is 10.2. The van der Waals surface area contributed by atoms with Gasteiger partial charge < -0.3 is 15.4 Å². The highest BCUT2D eigenvalue weighted by Crippen LogP contribution is 2.20. The minimum atomic E-state index is -0.427. The zero-order valence-corrected chi connectivity index (χ0v) is 13.6. The number of esters is 1. The van der Waals surface area contributed by atoms with E-state index < -0.39 is 5.97 Å². The summed E-state index contributed by atoms with van der Waals surface area (Å²) < 4.78 is 4.61. The van der Waals surface area contributed by atoms with Crippen LogP contribution in [0.4, 0.5) is 11.4 Å². The van der Waals surface area contributed by atoms with Crippen molar-refractivity contribution in [3.8, 4) is 6.07 Å². The number of benzene rings is 2. The van der Waals surface area contributed by atoms with Gasteiger partial charge in [-0.15, -0.1) is 0 Å². The number of carbonyl (C=O) groups is 2. The lowest BCUT2D eigenvalue weighted by Gasteiger charge is -2.09. The van der Waals surface area contributed by atoms with E-state index in [4.69, 9.17) is 16.9 Å². The van der Waals surface area contributed by atoms with Crippen molar-refractivity contribution >= 4 is 34.9 Å². The Kier molecular flexibility index (Phi) is 5.77. The van der Waals surface area contributed by atoms with E-state index in [9.17, 15) is 9.59 Å². The predicted octanol–water partition coefficient (Wildman–Crippen LogP) is 3.05. The molecule has 0 bridgehead atoms. The van der Waals surface area contributed by atoms with Gasteiger partial charge in [-0.2, -0.15) is 5.26 Å². The molecule has 0 aliphatic carbocycles. The number of nitrogens with one attached hydrogen (secondary N) is 2. The normalized spacial score (nSPS) is 9.71. The van der Waals surface area contributed by atoms with Crippen molar-refractivity contribution in [1.29, 1.82) is 5.26 Å². The van der Waals surface area contributed by atoms with Gasteiger partial charge in [-0.25, -0.2) is 4.79 Å². The highest BCUT2D eigenvalue weighted by molar-refractivity contribution is 6.31. The Morgan fingerprint density at radius 2 is 1.92 bits per heavy atom. The molecular weight excluding hydrogens is 330 g/mol. The molecule has 2 aromatic carbocycles. The molecular formula is C17H14ClN3O3. The largest absolute Gasteiger partial charge is 0.465 e. The van der Waals surface area contributed by atoms with Crippen LogP contribution in [-0.2, 0) is 9.53 Å². The van der Waals surface area contributed by atoms with Crippen LogP contribution in [-0.4, -0.2) is 25.5 Å². The van der Waals surface area contributed by atoms with Crippen LogP contribution in [0.15, 0.2) is 42.5 Å². The molecule has 2 N–H and O–H groups in total. The summed E-state index contributed by atoms with van der Waals surface area (Å²) in [5.74, 6) is -0.755. The molecule has 0 atom stereocenters. The van der Waals surface area contributed by atoms with E-state index in [1.54, 1.807) is 30.3 Å². The Labute approximate surface area is 144 Å². The SMILES string of the molecule is COC(=O)c1ccc(NCC(=O)Nc2cc(Cl)ccc2C#N)cc1. The van der Waals surface area contributed by atoms with Crippen LogP contribution in [0.5, 0.6) is 0 Å². The van der Waals surface area contributed by atoms with Gasteiger partial charge in [0.15, 0.2) is 0 Å². The number of hydrogen-bond acceptors (Lipinski definition) is 5. The minimum Gasteiger partial charge on any atom is -0.465 e. The number of nitriles is 1. The van der Waals surface area contributed by atoms with E-state index >= 15 is 0 Å². The standard InChI is InChI=1S/C17H14ClN3O3/c1-24-17(23)11-3-6-14(7-4-11)20-10-16(22)21-15-8-13(18)5-2-12(15)9-19/h2-8,20H,10H2,1H3,(H,21,22). The van der Waals surface area contributed by atoms with Gasteiger partial charge in [0.1, 0.15) is 6.07 Å². The van der Waals surface area contributed by atoms with E-state index in [2.05, 4.69) is 15.4 Å². The average Bonchev–Trinajstić information content (AvgIpc) is 2.60. The molecule has 0 aliphatic rings. The van der Waals surface area contributed by atoms with Crippen LogP contribution in [0.25, 0.3) is 0 Å². The number of ether oxygens (including phenoxy) is 1. The van der Waals surface area contributed by atoms with Crippen LogP contribution in [0.1, 0.15) is 15.9 Å². The second-order valence-corrected chi connectivity index (χ2v) is 5.21. The third kappa shape index (κ3) is 4.48. The third-order valence-corrected chi connectivity index (χ3v) is 3.37. The van der Waals surface area contributed by atoms with Crippen molar-refractivity contribution in [3.63, 3.8) is 0 Å². The van der Waals surface area contributed by atoms with Crippen molar-refractivity contribution in [2.75, 3.05) is 24.3 Å². The molecule has 6 nitrogen and oxygen atoms in total. The van der Waals surface area contributed by atoms with Gasteiger partial charge in [-0.05, 0) is 42.5 Å². The predicted molar refractivity (Wildman–Crippen MR) is 91.1 cm³/mol. The highest BCUT2D eigenvalue weighted by atomic mass is 35.5. The maximum atomic E-state index is 12.0. The van der Waals surface area contributed by atoms with Gasteiger partial charge >= 0.3 is 5.97 Å².